The molecule has 0 aliphatic carbocycles. The Balaban J connectivity index is 2.62. The van der Waals surface area contributed by atoms with Crippen LogP contribution in [0.5, 0.6) is 0 Å². The lowest BCUT2D eigenvalue weighted by atomic mass is 10.4. The molecule has 0 unspecified atom stereocenters. The third kappa shape index (κ3) is 1.65. The number of ether oxygens (including phenoxy) is 1. The summed E-state index contributed by atoms with van der Waals surface area (Å²) in [6.45, 7) is 3.71. The predicted octanol–water partition coefficient (Wildman–Crippen LogP) is -0.442. The zero-order chi connectivity index (χ0) is 8.27. The van der Waals surface area contributed by atoms with Crippen molar-refractivity contribution >= 4 is 11.8 Å². The van der Waals surface area contributed by atoms with Crippen LogP contribution in [0.4, 0.5) is 0 Å². The SMILES string of the molecule is C=CCN1C(=O)COCC1=O. The van der Waals surface area contributed by atoms with Crippen molar-refractivity contribution in [3.8, 4) is 0 Å². The van der Waals surface area contributed by atoms with E-state index in [0.717, 1.165) is 4.90 Å². The molecule has 0 atom stereocenters. The summed E-state index contributed by atoms with van der Waals surface area (Å²) >= 11 is 0. The van der Waals surface area contributed by atoms with E-state index in [0.29, 0.717) is 0 Å². The van der Waals surface area contributed by atoms with E-state index in [-0.39, 0.29) is 31.6 Å². The van der Waals surface area contributed by atoms with Gasteiger partial charge in [-0.1, -0.05) is 6.08 Å². The molecule has 0 saturated carbocycles. The van der Waals surface area contributed by atoms with Gasteiger partial charge in [-0.25, -0.2) is 0 Å². The summed E-state index contributed by atoms with van der Waals surface area (Å²) in [5, 5.41) is 0. The minimum atomic E-state index is -0.291. The molecular weight excluding hydrogens is 146 g/mol. The number of morpholine rings is 1. The number of hydrogen-bond acceptors (Lipinski definition) is 3. The third-order valence-electron chi connectivity index (χ3n) is 1.36. The van der Waals surface area contributed by atoms with Crippen LogP contribution in [0, 0.1) is 0 Å². The van der Waals surface area contributed by atoms with Crippen molar-refractivity contribution in [2.45, 2.75) is 0 Å². The molecule has 4 heteroatoms. The van der Waals surface area contributed by atoms with Crippen LogP contribution >= 0.6 is 0 Å². The number of hydrogen-bond donors (Lipinski definition) is 0. The molecule has 0 radical (unpaired) electrons. The van der Waals surface area contributed by atoms with Crippen molar-refractivity contribution in [1.82, 2.24) is 4.90 Å². The number of imide groups is 1. The van der Waals surface area contributed by atoms with E-state index in [9.17, 15) is 9.59 Å². The standard InChI is InChI=1S/C7H9NO3/c1-2-3-8-6(9)4-11-5-7(8)10/h2H,1,3-5H2. The molecule has 1 saturated heterocycles. The minimum Gasteiger partial charge on any atom is -0.362 e. The second-order valence-corrected chi connectivity index (χ2v) is 2.18. The summed E-state index contributed by atoms with van der Waals surface area (Å²) in [7, 11) is 0. The quantitative estimate of drug-likeness (QED) is 0.401. The lowest BCUT2D eigenvalue weighted by molar-refractivity contribution is -0.157. The van der Waals surface area contributed by atoms with Gasteiger partial charge in [0.25, 0.3) is 11.8 Å². The van der Waals surface area contributed by atoms with Gasteiger partial charge in [-0.05, 0) is 0 Å². The van der Waals surface area contributed by atoms with Crippen molar-refractivity contribution in [3.63, 3.8) is 0 Å². The van der Waals surface area contributed by atoms with E-state index in [2.05, 4.69) is 6.58 Å². The van der Waals surface area contributed by atoms with Crippen LogP contribution in [0.2, 0.25) is 0 Å². The average Bonchev–Trinajstić information content (AvgIpc) is 1.97. The van der Waals surface area contributed by atoms with Crippen LogP contribution in [0.3, 0.4) is 0 Å². The largest absolute Gasteiger partial charge is 0.362 e. The van der Waals surface area contributed by atoms with Crippen LogP contribution in [0.1, 0.15) is 0 Å². The van der Waals surface area contributed by atoms with Crippen molar-refractivity contribution in [1.29, 1.82) is 0 Å². The molecule has 11 heavy (non-hydrogen) atoms. The van der Waals surface area contributed by atoms with Crippen LogP contribution in [0.25, 0.3) is 0 Å². The third-order valence-corrected chi connectivity index (χ3v) is 1.36. The monoisotopic (exact) mass is 155 g/mol. The van der Waals surface area contributed by atoms with Crippen molar-refractivity contribution < 1.29 is 14.3 Å². The normalized spacial score (nSPS) is 18.7. The number of carbonyl (C=O) groups is 2. The van der Waals surface area contributed by atoms with Gasteiger partial charge in [-0.15, -0.1) is 6.58 Å². The molecule has 1 aliphatic heterocycles. The molecule has 0 aromatic rings. The summed E-state index contributed by atoms with van der Waals surface area (Å²) in [5.41, 5.74) is 0. The highest BCUT2D eigenvalue weighted by Gasteiger charge is 2.24. The Morgan fingerprint density at radius 2 is 2.00 bits per heavy atom. The van der Waals surface area contributed by atoms with E-state index in [4.69, 9.17) is 4.74 Å². The topological polar surface area (TPSA) is 46.6 Å². The molecule has 0 aromatic heterocycles. The number of rotatable bonds is 2. The maximum atomic E-state index is 10.9. The highest BCUT2D eigenvalue weighted by Crippen LogP contribution is 1.99. The molecular formula is C7H9NO3. The summed E-state index contributed by atoms with van der Waals surface area (Å²) in [6, 6.07) is 0. The first-order valence-corrected chi connectivity index (χ1v) is 3.27. The first-order valence-electron chi connectivity index (χ1n) is 3.27. The molecule has 0 N–H and O–H groups in total. The lowest BCUT2D eigenvalue weighted by Gasteiger charge is -2.23. The summed E-state index contributed by atoms with van der Waals surface area (Å²) in [5.74, 6) is -0.581. The number of amides is 2. The maximum absolute atomic E-state index is 10.9. The van der Waals surface area contributed by atoms with Gasteiger partial charge in [0.15, 0.2) is 0 Å². The Kier molecular flexibility index (Phi) is 2.38. The Bertz CT molecular complexity index is 184. The van der Waals surface area contributed by atoms with Gasteiger partial charge in [0.1, 0.15) is 13.2 Å². The van der Waals surface area contributed by atoms with E-state index in [1.54, 1.807) is 0 Å². The van der Waals surface area contributed by atoms with Gasteiger partial charge in [0.2, 0.25) is 0 Å². The maximum Gasteiger partial charge on any atom is 0.255 e. The highest BCUT2D eigenvalue weighted by atomic mass is 16.5. The molecule has 4 nitrogen and oxygen atoms in total. The van der Waals surface area contributed by atoms with Gasteiger partial charge in [-0.3, -0.25) is 14.5 Å². The first-order chi connectivity index (χ1) is 5.25. The summed E-state index contributed by atoms with van der Waals surface area (Å²) < 4.78 is 4.70. The van der Waals surface area contributed by atoms with Crippen molar-refractivity contribution in [2.24, 2.45) is 0 Å². The van der Waals surface area contributed by atoms with Gasteiger partial charge in [-0.2, -0.15) is 0 Å². The summed E-state index contributed by atoms with van der Waals surface area (Å²) in [6.07, 6.45) is 1.52. The molecule has 60 valence electrons. The fourth-order valence-electron chi connectivity index (χ4n) is 0.853. The molecule has 2 amide bonds. The fourth-order valence-corrected chi connectivity index (χ4v) is 0.853. The second kappa shape index (κ2) is 3.30. The Hall–Kier alpha value is -1.16. The second-order valence-electron chi connectivity index (χ2n) is 2.18. The van der Waals surface area contributed by atoms with Crippen molar-refractivity contribution in [3.05, 3.63) is 12.7 Å². The molecule has 0 spiro atoms. The highest BCUT2D eigenvalue weighted by molar-refractivity contribution is 5.98. The molecule has 1 fully saturated rings. The van der Waals surface area contributed by atoms with Crippen LogP contribution in [0.15, 0.2) is 12.7 Å². The van der Waals surface area contributed by atoms with Crippen LogP contribution in [-0.2, 0) is 14.3 Å². The van der Waals surface area contributed by atoms with E-state index in [1.165, 1.54) is 6.08 Å². The smallest absolute Gasteiger partial charge is 0.255 e. The van der Waals surface area contributed by atoms with Crippen LogP contribution < -0.4 is 0 Å². The molecule has 1 heterocycles. The number of nitrogens with zero attached hydrogens (tertiary/aromatic N) is 1. The Labute approximate surface area is 64.4 Å². The van der Waals surface area contributed by atoms with Gasteiger partial charge < -0.3 is 4.74 Å². The molecule has 0 bridgehead atoms. The molecule has 0 aromatic carbocycles. The van der Waals surface area contributed by atoms with Gasteiger partial charge in [0, 0.05) is 6.54 Å². The summed E-state index contributed by atoms with van der Waals surface area (Å²) in [4.78, 5) is 23.0. The first kappa shape index (κ1) is 7.94. The van der Waals surface area contributed by atoms with Gasteiger partial charge in [0.05, 0.1) is 0 Å². The number of carbonyl (C=O) groups excluding carboxylic acids is 2. The van der Waals surface area contributed by atoms with E-state index < -0.39 is 0 Å². The average molecular weight is 155 g/mol. The Morgan fingerprint density at radius 3 is 2.45 bits per heavy atom. The predicted molar refractivity (Wildman–Crippen MR) is 37.7 cm³/mol. The van der Waals surface area contributed by atoms with Crippen LogP contribution in [-0.4, -0.2) is 36.5 Å². The van der Waals surface area contributed by atoms with E-state index in [1.807, 2.05) is 0 Å². The molecule has 1 aliphatic rings. The Morgan fingerprint density at radius 1 is 1.45 bits per heavy atom. The zero-order valence-corrected chi connectivity index (χ0v) is 6.08. The molecule has 1 rings (SSSR count). The fraction of sp³-hybridized carbons (Fsp3) is 0.429. The minimum absolute atomic E-state index is 0.000417. The van der Waals surface area contributed by atoms with E-state index >= 15 is 0 Å². The van der Waals surface area contributed by atoms with Gasteiger partial charge >= 0.3 is 0 Å². The lowest BCUT2D eigenvalue weighted by Crippen LogP contribution is -2.46. The van der Waals surface area contributed by atoms with Crippen molar-refractivity contribution in [2.75, 3.05) is 19.8 Å². The zero-order valence-electron chi connectivity index (χ0n) is 6.08.